The van der Waals surface area contributed by atoms with Crippen LogP contribution in [0.15, 0.2) is 40.8 Å². The molecule has 0 saturated carbocycles. The molecule has 24 heavy (non-hydrogen) atoms. The number of hydrogen-bond donors (Lipinski definition) is 1. The van der Waals surface area contributed by atoms with Crippen molar-refractivity contribution in [3.63, 3.8) is 0 Å². The molecule has 0 aliphatic carbocycles. The average molecular weight is 334 g/mol. The molecule has 0 amide bonds. The summed E-state index contributed by atoms with van der Waals surface area (Å²) in [5.74, 6) is 1.12. The molecular weight excluding hydrogens is 316 g/mol. The molecule has 0 aliphatic heterocycles. The molecule has 0 fully saturated rings. The zero-order valence-electron chi connectivity index (χ0n) is 13.1. The number of carbonyl (C=O) groups excluding carboxylic acids is 1. The minimum atomic E-state index is -0.778. The summed E-state index contributed by atoms with van der Waals surface area (Å²) in [6.45, 7) is 2.15. The summed E-state index contributed by atoms with van der Waals surface area (Å²) < 4.78 is 15.9. The molecule has 2 aromatic rings. The molecule has 0 radical (unpaired) electrons. The van der Waals surface area contributed by atoms with Crippen LogP contribution < -0.4 is 10.5 Å². The van der Waals surface area contributed by atoms with Crippen molar-refractivity contribution < 1.29 is 23.6 Å². The Morgan fingerprint density at radius 2 is 1.92 bits per heavy atom. The maximum atomic E-state index is 11.5. The second-order valence-corrected chi connectivity index (χ2v) is 4.97. The average Bonchev–Trinajstić information content (AvgIpc) is 3.01. The minimum absolute atomic E-state index is 0.00409. The summed E-state index contributed by atoms with van der Waals surface area (Å²) in [5.41, 5.74) is 5.72. The van der Waals surface area contributed by atoms with Crippen molar-refractivity contribution in [3.8, 4) is 5.75 Å². The number of non-ortho nitro benzene ring substituents is 1. The third kappa shape index (κ3) is 4.82. The molecule has 0 saturated heterocycles. The summed E-state index contributed by atoms with van der Waals surface area (Å²) in [6.07, 6.45) is 0.233. The number of nitrogens with two attached hydrogens (primary N) is 1. The molecule has 1 unspecified atom stereocenters. The Morgan fingerprint density at radius 1 is 1.25 bits per heavy atom. The van der Waals surface area contributed by atoms with Crippen molar-refractivity contribution in [2.75, 3.05) is 6.61 Å². The van der Waals surface area contributed by atoms with E-state index in [1.165, 1.54) is 24.3 Å². The maximum Gasteiger partial charge on any atom is 0.323 e. The van der Waals surface area contributed by atoms with Gasteiger partial charge in [0.1, 0.15) is 29.9 Å². The van der Waals surface area contributed by atoms with Crippen LogP contribution in [-0.2, 0) is 22.6 Å². The highest BCUT2D eigenvalue weighted by Gasteiger charge is 2.17. The number of rotatable bonds is 8. The summed E-state index contributed by atoms with van der Waals surface area (Å²) >= 11 is 0. The quantitative estimate of drug-likeness (QED) is 0.446. The minimum Gasteiger partial charge on any atom is -0.486 e. The largest absolute Gasteiger partial charge is 0.486 e. The monoisotopic (exact) mass is 334 g/mol. The lowest BCUT2D eigenvalue weighted by Crippen LogP contribution is -2.34. The van der Waals surface area contributed by atoms with E-state index in [1.54, 1.807) is 19.1 Å². The molecule has 0 bridgehead atoms. The van der Waals surface area contributed by atoms with Gasteiger partial charge in [-0.25, -0.2) is 0 Å². The van der Waals surface area contributed by atoms with Crippen LogP contribution >= 0.6 is 0 Å². The van der Waals surface area contributed by atoms with E-state index in [2.05, 4.69) is 0 Å². The molecule has 1 atom stereocenters. The van der Waals surface area contributed by atoms with E-state index in [-0.39, 0.29) is 25.3 Å². The summed E-state index contributed by atoms with van der Waals surface area (Å²) in [7, 11) is 0. The van der Waals surface area contributed by atoms with E-state index in [9.17, 15) is 14.9 Å². The number of benzene rings is 1. The van der Waals surface area contributed by atoms with Crippen LogP contribution in [0.25, 0.3) is 0 Å². The van der Waals surface area contributed by atoms with E-state index in [4.69, 9.17) is 19.6 Å². The topological polar surface area (TPSA) is 118 Å². The standard InChI is InChI=1S/C16H18N2O6/c1-2-22-16(19)15(17)9-13-7-8-14(24-13)10-23-12-5-3-11(4-6-12)18(20)21/h3-8,15H,2,9-10,17H2,1H3. The Labute approximate surface area is 138 Å². The molecular formula is C16H18N2O6. The van der Waals surface area contributed by atoms with E-state index in [1.807, 2.05) is 0 Å². The van der Waals surface area contributed by atoms with Gasteiger partial charge in [-0.15, -0.1) is 0 Å². The van der Waals surface area contributed by atoms with Crippen molar-refractivity contribution >= 4 is 11.7 Å². The van der Waals surface area contributed by atoms with E-state index in [0.717, 1.165) is 0 Å². The molecule has 128 valence electrons. The Kier molecular flexibility index (Phi) is 5.91. The van der Waals surface area contributed by atoms with Crippen LogP contribution in [0.3, 0.4) is 0 Å². The summed E-state index contributed by atoms with van der Waals surface area (Å²) in [6, 6.07) is 8.41. The van der Waals surface area contributed by atoms with Crippen molar-refractivity contribution in [2.24, 2.45) is 5.73 Å². The lowest BCUT2D eigenvalue weighted by molar-refractivity contribution is -0.384. The maximum absolute atomic E-state index is 11.5. The van der Waals surface area contributed by atoms with Gasteiger partial charge in [-0.1, -0.05) is 0 Å². The molecule has 2 rings (SSSR count). The zero-order chi connectivity index (χ0) is 17.5. The molecule has 0 spiro atoms. The normalized spacial score (nSPS) is 11.8. The van der Waals surface area contributed by atoms with Gasteiger partial charge in [0.05, 0.1) is 11.5 Å². The fraction of sp³-hybridized carbons (Fsp3) is 0.312. The van der Waals surface area contributed by atoms with E-state index < -0.39 is 16.9 Å². The number of ether oxygens (including phenoxy) is 2. The second kappa shape index (κ2) is 8.11. The van der Waals surface area contributed by atoms with E-state index >= 15 is 0 Å². The van der Waals surface area contributed by atoms with Crippen LogP contribution in [-0.4, -0.2) is 23.5 Å². The molecule has 1 heterocycles. The highest BCUT2D eigenvalue weighted by molar-refractivity contribution is 5.75. The first-order valence-corrected chi connectivity index (χ1v) is 7.36. The van der Waals surface area contributed by atoms with Crippen LogP contribution in [0.4, 0.5) is 5.69 Å². The summed E-state index contributed by atoms with van der Waals surface area (Å²) in [4.78, 5) is 21.6. The molecule has 8 nitrogen and oxygen atoms in total. The first kappa shape index (κ1) is 17.5. The first-order valence-electron chi connectivity index (χ1n) is 7.36. The van der Waals surface area contributed by atoms with Gasteiger partial charge in [0.2, 0.25) is 0 Å². The lowest BCUT2D eigenvalue weighted by Gasteiger charge is -2.08. The van der Waals surface area contributed by atoms with E-state index in [0.29, 0.717) is 17.3 Å². The van der Waals surface area contributed by atoms with Crippen LogP contribution in [0.1, 0.15) is 18.4 Å². The predicted octanol–water partition coefficient (Wildman–Crippen LogP) is 2.20. The molecule has 1 aromatic heterocycles. The van der Waals surface area contributed by atoms with Crippen molar-refractivity contribution in [3.05, 3.63) is 58.0 Å². The third-order valence-electron chi connectivity index (χ3n) is 3.16. The highest BCUT2D eigenvalue weighted by atomic mass is 16.6. The van der Waals surface area contributed by atoms with Crippen LogP contribution in [0.5, 0.6) is 5.75 Å². The second-order valence-electron chi connectivity index (χ2n) is 4.97. The lowest BCUT2D eigenvalue weighted by atomic mass is 10.2. The third-order valence-corrected chi connectivity index (χ3v) is 3.16. The number of nitro groups is 1. The van der Waals surface area contributed by atoms with Gasteiger partial charge in [-0.3, -0.25) is 14.9 Å². The molecule has 8 heteroatoms. The van der Waals surface area contributed by atoms with Gasteiger partial charge in [0.15, 0.2) is 0 Å². The van der Waals surface area contributed by atoms with Gasteiger partial charge in [0, 0.05) is 18.6 Å². The van der Waals surface area contributed by atoms with Crippen molar-refractivity contribution in [1.29, 1.82) is 0 Å². The molecule has 1 aromatic carbocycles. The molecule has 0 aliphatic rings. The van der Waals surface area contributed by atoms with Crippen molar-refractivity contribution in [1.82, 2.24) is 0 Å². The van der Waals surface area contributed by atoms with Gasteiger partial charge >= 0.3 is 5.97 Å². The fourth-order valence-corrected chi connectivity index (χ4v) is 1.98. The summed E-state index contributed by atoms with van der Waals surface area (Å²) in [5, 5.41) is 10.6. The Balaban J connectivity index is 1.87. The SMILES string of the molecule is CCOC(=O)C(N)Cc1ccc(COc2ccc([N+](=O)[O-])cc2)o1. The highest BCUT2D eigenvalue weighted by Crippen LogP contribution is 2.19. The Hall–Kier alpha value is -2.87. The molecule has 2 N–H and O–H groups in total. The number of carbonyl (C=O) groups is 1. The van der Waals surface area contributed by atoms with Gasteiger partial charge in [0.25, 0.3) is 5.69 Å². The number of nitro benzene ring substituents is 1. The number of hydrogen-bond acceptors (Lipinski definition) is 7. The van der Waals surface area contributed by atoms with Crippen LogP contribution in [0, 0.1) is 10.1 Å². The van der Waals surface area contributed by atoms with Gasteiger partial charge < -0.3 is 19.6 Å². The Bertz CT molecular complexity index is 695. The predicted molar refractivity (Wildman–Crippen MR) is 84.4 cm³/mol. The van der Waals surface area contributed by atoms with Gasteiger partial charge in [-0.05, 0) is 31.2 Å². The smallest absolute Gasteiger partial charge is 0.323 e. The number of furan rings is 1. The number of esters is 1. The Morgan fingerprint density at radius 3 is 2.54 bits per heavy atom. The van der Waals surface area contributed by atoms with Gasteiger partial charge in [-0.2, -0.15) is 0 Å². The first-order chi connectivity index (χ1) is 11.5. The zero-order valence-corrected chi connectivity index (χ0v) is 13.1. The number of nitrogens with zero attached hydrogens (tertiary/aromatic N) is 1. The van der Waals surface area contributed by atoms with Crippen molar-refractivity contribution in [2.45, 2.75) is 26.0 Å². The fourth-order valence-electron chi connectivity index (χ4n) is 1.98. The van der Waals surface area contributed by atoms with Crippen LogP contribution in [0.2, 0.25) is 0 Å².